The van der Waals surface area contributed by atoms with Gasteiger partial charge in [0.25, 0.3) is 5.91 Å². The van der Waals surface area contributed by atoms with Crippen LogP contribution in [0.1, 0.15) is 34.2 Å². The lowest BCUT2D eigenvalue weighted by molar-refractivity contribution is 0.0596. The molecule has 122 valence electrons. The standard InChI is InChI=1S/C18H21ClN2O2/c1-14(19)16-7-8-17(23-16)18(22)21-11-9-20(10-12-21)13-15-5-3-2-4-6-15/h2-8,14H,9-13H2,1H3. The van der Waals surface area contributed by atoms with Gasteiger partial charge in [0.2, 0.25) is 0 Å². The Hall–Kier alpha value is -1.78. The van der Waals surface area contributed by atoms with E-state index in [1.807, 2.05) is 17.9 Å². The van der Waals surface area contributed by atoms with E-state index in [2.05, 4.69) is 29.2 Å². The zero-order valence-electron chi connectivity index (χ0n) is 13.2. The molecular formula is C18H21ClN2O2. The van der Waals surface area contributed by atoms with Crippen LogP contribution in [0.2, 0.25) is 0 Å². The normalized spacial score (nSPS) is 17.2. The number of piperazine rings is 1. The van der Waals surface area contributed by atoms with Gasteiger partial charge in [-0.05, 0) is 24.6 Å². The topological polar surface area (TPSA) is 36.7 Å². The van der Waals surface area contributed by atoms with Gasteiger partial charge in [-0.15, -0.1) is 11.6 Å². The van der Waals surface area contributed by atoms with Gasteiger partial charge in [0.1, 0.15) is 5.76 Å². The van der Waals surface area contributed by atoms with Gasteiger partial charge in [-0.1, -0.05) is 30.3 Å². The van der Waals surface area contributed by atoms with E-state index in [1.165, 1.54) is 5.56 Å². The summed E-state index contributed by atoms with van der Waals surface area (Å²) in [5.74, 6) is 0.967. The Balaban J connectivity index is 1.54. The number of alkyl halides is 1. The minimum absolute atomic E-state index is 0.0482. The van der Waals surface area contributed by atoms with Crippen LogP contribution >= 0.6 is 11.6 Å². The minimum atomic E-state index is -0.223. The third kappa shape index (κ3) is 3.95. The van der Waals surface area contributed by atoms with Gasteiger partial charge in [0.15, 0.2) is 5.76 Å². The lowest BCUT2D eigenvalue weighted by atomic mass is 10.2. The SMILES string of the molecule is CC(Cl)c1ccc(C(=O)N2CCN(Cc3ccccc3)CC2)o1. The van der Waals surface area contributed by atoms with Crippen molar-refractivity contribution < 1.29 is 9.21 Å². The van der Waals surface area contributed by atoms with E-state index >= 15 is 0 Å². The molecule has 5 heteroatoms. The van der Waals surface area contributed by atoms with Crippen molar-refractivity contribution in [3.63, 3.8) is 0 Å². The summed E-state index contributed by atoms with van der Waals surface area (Å²) in [6.45, 7) is 5.95. The molecule has 0 aliphatic carbocycles. The van der Waals surface area contributed by atoms with Crippen molar-refractivity contribution in [3.8, 4) is 0 Å². The number of furan rings is 1. The highest BCUT2D eigenvalue weighted by molar-refractivity contribution is 6.20. The zero-order valence-corrected chi connectivity index (χ0v) is 14.0. The molecule has 1 saturated heterocycles. The number of hydrogen-bond acceptors (Lipinski definition) is 3. The van der Waals surface area contributed by atoms with Crippen molar-refractivity contribution in [2.24, 2.45) is 0 Å². The first-order valence-electron chi connectivity index (χ1n) is 7.93. The van der Waals surface area contributed by atoms with Crippen LogP contribution in [0.15, 0.2) is 46.9 Å². The van der Waals surface area contributed by atoms with Crippen LogP contribution in [0.25, 0.3) is 0 Å². The molecular weight excluding hydrogens is 312 g/mol. The van der Waals surface area contributed by atoms with Crippen LogP contribution in [-0.4, -0.2) is 41.9 Å². The van der Waals surface area contributed by atoms with Crippen LogP contribution in [0.3, 0.4) is 0 Å². The van der Waals surface area contributed by atoms with Gasteiger partial charge in [-0.3, -0.25) is 9.69 Å². The highest BCUT2D eigenvalue weighted by atomic mass is 35.5. The van der Waals surface area contributed by atoms with Crippen molar-refractivity contribution in [3.05, 3.63) is 59.5 Å². The Morgan fingerprint density at radius 1 is 1.13 bits per heavy atom. The number of hydrogen-bond donors (Lipinski definition) is 0. The highest BCUT2D eigenvalue weighted by Crippen LogP contribution is 2.22. The maximum absolute atomic E-state index is 12.5. The van der Waals surface area contributed by atoms with Crippen LogP contribution in [0.4, 0.5) is 0 Å². The largest absolute Gasteiger partial charge is 0.454 e. The Morgan fingerprint density at radius 3 is 2.43 bits per heavy atom. The average molecular weight is 333 g/mol. The van der Waals surface area contributed by atoms with Crippen molar-refractivity contribution >= 4 is 17.5 Å². The summed E-state index contributed by atoms with van der Waals surface area (Å²) in [6, 6.07) is 13.9. The Morgan fingerprint density at radius 2 is 1.83 bits per heavy atom. The van der Waals surface area contributed by atoms with E-state index in [4.69, 9.17) is 16.0 Å². The zero-order chi connectivity index (χ0) is 16.2. The smallest absolute Gasteiger partial charge is 0.289 e. The molecule has 2 aromatic rings. The third-order valence-electron chi connectivity index (χ3n) is 4.14. The lowest BCUT2D eigenvalue weighted by Crippen LogP contribution is -2.48. The first-order chi connectivity index (χ1) is 11.1. The lowest BCUT2D eigenvalue weighted by Gasteiger charge is -2.34. The number of amides is 1. The summed E-state index contributed by atoms with van der Waals surface area (Å²) in [7, 11) is 0. The van der Waals surface area contributed by atoms with Crippen LogP contribution in [-0.2, 0) is 6.54 Å². The highest BCUT2D eigenvalue weighted by Gasteiger charge is 2.24. The van der Waals surface area contributed by atoms with Gasteiger partial charge >= 0.3 is 0 Å². The number of carbonyl (C=O) groups is 1. The molecule has 3 rings (SSSR count). The van der Waals surface area contributed by atoms with Gasteiger partial charge in [-0.25, -0.2) is 0 Å². The fourth-order valence-corrected chi connectivity index (χ4v) is 2.91. The summed E-state index contributed by atoms with van der Waals surface area (Å²) in [6.07, 6.45) is 0. The van der Waals surface area contributed by atoms with Crippen LogP contribution in [0, 0.1) is 0 Å². The van der Waals surface area contributed by atoms with E-state index < -0.39 is 0 Å². The van der Waals surface area contributed by atoms with E-state index in [0.717, 1.165) is 32.7 Å². The van der Waals surface area contributed by atoms with E-state index in [-0.39, 0.29) is 11.3 Å². The second-order valence-electron chi connectivity index (χ2n) is 5.87. The average Bonchev–Trinajstić information content (AvgIpc) is 3.06. The van der Waals surface area contributed by atoms with Crippen LogP contribution in [0.5, 0.6) is 0 Å². The molecule has 1 aromatic heterocycles. The van der Waals surface area contributed by atoms with Crippen molar-refractivity contribution in [2.45, 2.75) is 18.8 Å². The van der Waals surface area contributed by atoms with Crippen molar-refractivity contribution in [1.29, 1.82) is 0 Å². The number of nitrogens with zero attached hydrogens (tertiary/aromatic N) is 2. The van der Waals surface area contributed by atoms with Gasteiger partial charge in [-0.2, -0.15) is 0 Å². The molecule has 0 saturated carbocycles. The summed E-state index contributed by atoms with van der Waals surface area (Å²) in [4.78, 5) is 16.7. The van der Waals surface area contributed by atoms with Crippen molar-refractivity contribution in [2.75, 3.05) is 26.2 Å². The first kappa shape index (κ1) is 16.1. The van der Waals surface area contributed by atoms with E-state index in [0.29, 0.717) is 11.5 Å². The molecule has 1 atom stereocenters. The number of benzene rings is 1. The monoisotopic (exact) mass is 332 g/mol. The fourth-order valence-electron chi connectivity index (χ4n) is 2.79. The van der Waals surface area contributed by atoms with Gasteiger partial charge in [0, 0.05) is 32.7 Å². The second-order valence-corrected chi connectivity index (χ2v) is 6.53. The molecule has 23 heavy (non-hydrogen) atoms. The summed E-state index contributed by atoms with van der Waals surface area (Å²) >= 11 is 5.98. The molecule has 1 fully saturated rings. The predicted octanol–water partition coefficient (Wildman–Crippen LogP) is 3.54. The molecule has 1 aliphatic rings. The second kappa shape index (κ2) is 7.20. The first-order valence-corrected chi connectivity index (χ1v) is 8.36. The molecule has 1 aliphatic heterocycles. The van der Waals surface area contributed by atoms with Crippen LogP contribution < -0.4 is 0 Å². The Labute approximate surface area is 141 Å². The van der Waals surface area contributed by atoms with E-state index in [1.54, 1.807) is 12.1 Å². The molecule has 0 radical (unpaired) electrons. The van der Waals surface area contributed by atoms with Crippen molar-refractivity contribution in [1.82, 2.24) is 9.80 Å². The molecule has 1 amide bonds. The molecule has 1 unspecified atom stereocenters. The predicted molar refractivity (Wildman–Crippen MR) is 90.6 cm³/mol. The van der Waals surface area contributed by atoms with Gasteiger partial charge in [0.05, 0.1) is 5.38 Å². The molecule has 4 nitrogen and oxygen atoms in total. The number of halogens is 1. The number of rotatable bonds is 4. The number of carbonyl (C=O) groups excluding carboxylic acids is 1. The van der Waals surface area contributed by atoms with Gasteiger partial charge < -0.3 is 9.32 Å². The molecule has 1 aromatic carbocycles. The molecule has 0 N–H and O–H groups in total. The Kier molecular flexibility index (Phi) is 5.03. The maximum Gasteiger partial charge on any atom is 0.289 e. The maximum atomic E-state index is 12.5. The van der Waals surface area contributed by atoms with E-state index in [9.17, 15) is 4.79 Å². The summed E-state index contributed by atoms with van der Waals surface area (Å²) < 4.78 is 5.55. The quantitative estimate of drug-likeness (QED) is 0.804. The minimum Gasteiger partial charge on any atom is -0.454 e. The molecule has 0 spiro atoms. The fraction of sp³-hybridized carbons (Fsp3) is 0.389. The third-order valence-corrected chi connectivity index (χ3v) is 4.35. The Bertz CT molecular complexity index is 646. The summed E-state index contributed by atoms with van der Waals surface area (Å²) in [5.41, 5.74) is 1.30. The summed E-state index contributed by atoms with van der Waals surface area (Å²) in [5, 5.41) is -0.223. The molecule has 2 heterocycles. The molecule has 0 bridgehead atoms.